The number of nitrogens with zero attached hydrogens (tertiary/aromatic N) is 5. The van der Waals surface area contributed by atoms with Gasteiger partial charge in [-0.15, -0.1) is 5.92 Å². The predicted molar refractivity (Wildman–Crippen MR) is 142 cm³/mol. The third kappa shape index (κ3) is 4.40. The maximum absolute atomic E-state index is 13.8. The van der Waals surface area contributed by atoms with Crippen molar-refractivity contribution in [3.63, 3.8) is 0 Å². The van der Waals surface area contributed by atoms with Crippen LogP contribution >= 0.6 is 0 Å². The molecule has 4 aromatic rings. The lowest BCUT2D eigenvalue weighted by Gasteiger charge is -2.20. The average molecular weight is 480 g/mol. The smallest absolute Gasteiger partial charge is 0.267 e. The Hall–Kier alpha value is -4.97. The summed E-state index contributed by atoms with van der Waals surface area (Å²) in [6, 6.07) is 13.8. The summed E-state index contributed by atoms with van der Waals surface area (Å²) in [5.74, 6) is 6.02. The maximum atomic E-state index is 13.8. The van der Waals surface area contributed by atoms with E-state index in [0.29, 0.717) is 28.0 Å². The number of nitrogen functional groups attached to an aromatic ring is 1. The van der Waals surface area contributed by atoms with E-state index in [4.69, 9.17) is 10.7 Å². The highest BCUT2D eigenvalue weighted by atomic mass is 16.2. The van der Waals surface area contributed by atoms with Gasteiger partial charge in [-0.2, -0.15) is 5.10 Å². The lowest BCUT2D eigenvalue weighted by Crippen LogP contribution is -2.33. The maximum Gasteiger partial charge on any atom is 0.267 e. The van der Waals surface area contributed by atoms with Gasteiger partial charge in [0.1, 0.15) is 11.4 Å². The number of aryl methyl sites for hydroxylation is 1. The summed E-state index contributed by atoms with van der Waals surface area (Å²) in [4.78, 5) is 36.1. The van der Waals surface area contributed by atoms with Gasteiger partial charge in [0.25, 0.3) is 11.5 Å². The molecule has 4 rings (SSSR count). The van der Waals surface area contributed by atoms with Crippen molar-refractivity contribution in [3.8, 4) is 17.5 Å². The van der Waals surface area contributed by atoms with Crippen molar-refractivity contribution in [1.29, 1.82) is 0 Å². The zero-order chi connectivity index (χ0) is 25.8. The standard InChI is InChI=1S/C27H25N7O2/c1-5-11-18-12-10-15-20-21(18)27(36)34(19-13-8-7-9-14-19)24(31-20)17(3)30-26(35)22-23(28)32-33(4)25(22)29-16-6-2/h6-10,12-17H,2H2,1,3-4H3,(H2,28,32)(H,30,35)/b29-16-. The highest BCUT2D eigenvalue weighted by molar-refractivity contribution is 6.03. The number of benzene rings is 2. The lowest BCUT2D eigenvalue weighted by atomic mass is 10.1. The van der Waals surface area contributed by atoms with Crippen LogP contribution in [0.1, 0.15) is 41.6 Å². The van der Waals surface area contributed by atoms with E-state index in [9.17, 15) is 9.59 Å². The van der Waals surface area contributed by atoms with Crippen molar-refractivity contribution in [3.05, 3.63) is 88.5 Å². The minimum absolute atomic E-state index is 0.0353. The van der Waals surface area contributed by atoms with E-state index in [-0.39, 0.29) is 22.8 Å². The zero-order valence-electron chi connectivity index (χ0n) is 20.2. The first kappa shape index (κ1) is 24.2. The number of anilines is 1. The topological polar surface area (TPSA) is 120 Å². The van der Waals surface area contributed by atoms with E-state index in [2.05, 4.69) is 33.8 Å². The fraction of sp³-hybridized carbons (Fsp3) is 0.148. The highest BCUT2D eigenvalue weighted by Gasteiger charge is 2.25. The van der Waals surface area contributed by atoms with Crippen LogP contribution in [-0.4, -0.2) is 31.5 Å². The number of fused-ring (bicyclic) bond motifs is 1. The van der Waals surface area contributed by atoms with E-state index >= 15 is 0 Å². The molecule has 0 radical (unpaired) electrons. The van der Waals surface area contributed by atoms with Crippen LogP contribution in [0.25, 0.3) is 16.6 Å². The molecule has 2 aromatic heterocycles. The molecule has 0 saturated heterocycles. The van der Waals surface area contributed by atoms with E-state index < -0.39 is 11.9 Å². The van der Waals surface area contributed by atoms with Gasteiger partial charge in [0.15, 0.2) is 11.6 Å². The molecule has 0 saturated carbocycles. The fourth-order valence-corrected chi connectivity index (χ4v) is 3.96. The largest absolute Gasteiger partial charge is 0.381 e. The third-order valence-corrected chi connectivity index (χ3v) is 5.51. The van der Waals surface area contributed by atoms with E-state index in [1.54, 1.807) is 39.1 Å². The van der Waals surface area contributed by atoms with Gasteiger partial charge in [-0.05, 0) is 38.1 Å². The Labute approximate surface area is 208 Å². The minimum Gasteiger partial charge on any atom is -0.381 e. The van der Waals surface area contributed by atoms with Crippen molar-refractivity contribution >= 4 is 34.7 Å². The molecule has 0 aliphatic heterocycles. The number of carbonyl (C=O) groups excluding carboxylic acids is 1. The number of carbonyl (C=O) groups is 1. The Morgan fingerprint density at radius 2 is 1.97 bits per heavy atom. The van der Waals surface area contributed by atoms with E-state index in [1.165, 1.54) is 21.5 Å². The molecule has 2 heterocycles. The van der Waals surface area contributed by atoms with Crippen LogP contribution in [0.15, 0.2) is 71.0 Å². The second-order valence-corrected chi connectivity index (χ2v) is 7.94. The van der Waals surface area contributed by atoms with Crippen LogP contribution < -0.4 is 16.6 Å². The van der Waals surface area contributed by atoms with Crippen LogP contribution in [0.3, 0.4) is 0 Å². The molecule has 36 heavy (non-hydrogen) atoms. The van der Waals surface area contributed by atoms with Crippen LogP contribution in [0.2, 0.25) is 0 Å². The first-order chi connectivity index (χ1) is 17.4. The molecule has 1 atom stereocenters. The molecular weight excluding hydrogens is 454 g/mol. The average Bonchev–Trinajstić information content (AvgIpc) is 3.15. The molecule has 9 heteroatoms. The minimum atomic E-state index is -0.674. The molecule has 2 aromatic carbocycles. The summed E-state index contributed by atoms with van der Waals surface area (Å²) >= 11 is 0. The number of aliphatic imine (C=N–C) groups is 1. The number of allylic oxidation sites excluding steroid dienone is 1. The second kappa shape index (κ2) is 10.1. The molecule has 0 spiro atoms. The van der Waals surface area contributed by atoms with Gasteiger partial charge in [0.05, 0.1) is 22.6 Å². The quantitative estimate of drug-likeness (QED) is 0.324. The number of hydrogen-bond donors (Lipinski definition) is 2. The number of rotatable bonds is 6. The lowest BCUT2D eigenvalue weighted by molar-refractivity contribution is 0.0939. The molecular formula is C27H25N7O2. The van der Waals surface area contributed by atoms with Crippen molar-refractivity contribution in [2.75, 3.05) is 5.73 Å². The Bertz CT molecular complexity index is 1620. The Morgan fingerprint density at radius 1 is 1.22 bits per heavy atom. The van der Waals surface area contributed by atoms with Gasteiger partial charge < -0.3 is 11.1 Å². The normalized spacial score (nSPS) is 11.8. The monoisotopic (exact) mass is 479 g/mol. The Balaban J connectivity index is 1.87. The van der Waals surface area contributed by atoms with E-state index in [0.717, 1.165) is 0 Å². The molecule has 3 N–H and O–H groups in total. The van der Waals surface area contributed by atoms with Gasteiger partial charge in [-0.1, -0.05) is 42.8 Å². The molecule has 0 fully saturated rings. The van der Waals surface area contributed by atoms with Gasteiger partial charge in [0.2, 0.25) is 0 Å². The van der Waals surface area contributed by atoms with Crippen molar-refractivity contribution in [2.45, 2.75) is 19.9 Å². The van der Waals surface area contributed by atoms with Crippen molar-refractivity contribution in [2.24, 2.45) is 12.0 Å². The molecule has 1 amide bonds. The Morgan fingerprint density at radius 3 is 2.67 bits per heavy atom. The summed E-state index contributed by atoms with van der Waals surface area (Å²) in [6.07, 6.45) is 2.94. The molecule has 0 bridgehead atoms. The van der Waals surface area contributed by atoms with Crippen molar-refractivity contribution in [1.82, 2.24) is 24.6 Å². The van der Waals surface area contributed by atoms with Gasteiger partial charge >= 0.3 is 0 Å². The summed E-state index contributed by atoms with van der Waals surface area (Å²) < 4.78 is 2.91. The number of hydrogen-bond acceptors (Lipinski definition) is 6. The van der Waals surface area contributed by atoms with Crippen LogP contribution in [-0.2, 0) is 7.05 Å². The van der Waals surface area contributed by atoms with Crippen LogP contribution in [0.5, 0.6) is 0 Å². The summed E-state index contributed by atoms with van der Waals surface area (Å²) in [5, 5.41) is 7.43. The number of nitrogens with two attached hydrogens (primary N) is 1. The number of para-hydroxylation sites is 1. The molecule has 180 valence electrons. The number of nitrogens with one attached hydrogen (secondary N) is 1. The SMILES string of the molecule is C=C/C=N\c1c(C(=O)NC(C)c2nc3cccc(C#CC)c3c(=O)n2-c2ccccc2)c(N)nn1C. The number of aromatic nitrogens is 4. The van der Waals surface area contributed by atoms with Gasteiger partial charge in [0, 0.05) is 18.8 Å². The molecule has 1 unspecified atom stereocenters. The molecule has 0 aliphatic carbocycles. The number of amides is 1. The third-order valence-electron chi connectivity index (χ3n) is 5.51. The predicted octanol–water partition coefficient (Wildman–Crippen LogP) is 3.45. The first-order valence-electron chi connectivity index (χ1n) is 11.2. The summed E-state index contributed by atoms with van der Waals surface area (Å²) in [7, 11) is 1.64. The van der Waals surface area contributed by atoms with E-state index in [1.807, 2.05) is 30.3 Å². The molecule has 9 nitrogen and oxygen atoms in total. The highest BCUT2D eigenvalue weighted by Crippen LogP contribution is 2.26. The van der Waals surface area contributed by atoms with Gasteiger partial charge in [-0.25, -0.2) is 14.7 Å². The zero-order valence-corrected chi connectivity index (χ0v) is 20.2. The fourth-order valence-electron chi connectivity index (χ4n) is 3.96. The van der Waals surface area contributed by atoms with Crippen LogP contribution in [0.4, 0.5) is 11.6 Å². The van der Waals surface area contributed by atoms with Crippen molar-refractivity contribution < 1.29 is 4.79 Å². The second-order valence-electron chi connectivity index (χ2n) is 7.94. The molecule has 0 aliphatic rings. The van der Waals surface area contributed by atoms with Gasteiger partial charge in [-0.3, -0.25) is 14.2 Å². The Kier molecular flexibility index (Phi) is 6.79. The first-order valence-corrected chi connectivity index (χ1v) is 11.2. The summed E-state index contributed by atoms with van der Waals surface area (Å²) in [5.41, 5.74) is 7.55. The van der Waals surface area contributed by atoms with Crippen LogP contribution in [0, 0.1) is 11.8 Å². The summed E-state index contributed by atoms with van der Waals surface area (Å²) in [6.45, 7) is 7.07.